The van der Waals surface area contributed by atoms with Crippen LogP contribution in [0.1, 0.15) is 58.4 Å². The lowest BCUT2D eigenvalue weighted by Crippen LogP contribution is -2.44. The number of benzene rings is 1. The quantitative estimate of drug-likeness (QED) is 0.752. The molecule has 1 aliphatic rings. The van der Waals surface area contributed by atoms with Gasteiger partial charge in [-0.15, -0.1) is 0 Å². The summed E-state index contributed by atoms with van der Waals surface area (Å²) in [7, 11) is 0. The maximum atomic E-state index is 13.0. The van der Waals surface area contributed by atoms with Crippen LogP contribution in [0.4, 0.5) is 0 Å². The van der Waals surface area contributed by atoms with E-state index in [0.29, 0.717) is 32.1 Å². The van der Waals surface area contributed by atoms with E-state index in [1.54, 1.807) is 20.8 Å². The standard InChI is InChI=1S/C21H27NO3/c1-20(2,3)25-19(24)21(15-22,17-10-7-11-18(23)14-17)13-12-16-8-5-4-6-9-16/h4-6,8-9,17H,7,10-14H2,1-3H3. The van der Waals surface area contributed by atoms with Crippen molar-refractivity contribution in [3.05, 3.63) is 35.9 Å². The van der Waals surface area contributed by atoms with E-state index in [4.69, 9.17) is 4.74 Å². The number of carbonyl (C=O) groups excluding carboxylic acids is 2. The van der Waals surface area contributed by atoms with Crippen molar-refractivity contribution in [3.63, 3.8) is 0 Å². The average Bonchev–Trinajstić information content (AvgIpc) is 2.55. The zero-order valence-electron chi connectivity index (χ0n) is 15.4. The molecule has 1 fully saturated rings. The van der Waals surface area contributed by atoms with Gasteiger partial charge in [0.15, 0.2) is 5.41 Å². The van der Waals surface area contributed by atoms with Gasteiger partial charge in [0.2, 0.25) is 0 Å². The van der Waals surface area contributed by atoms with Crippen LogP contribution in [0, 0.1) is 22.7 Å². The normalized spacial score (nSPS) is 20.4. The highest BCUT2D eigenvalue weighted by molar-refractivity contribution is 5.84. The summed E-state index contributed by atoms with van der Waals surface area (Å²) in [6.07, 6.45) is 3.28. The lowest BCUT2D eigenvalue weighted by atomic mass is 9.66. The Balaban J connectivity index is 2.29. The number of Topliss-reactive ketones (excluding diaryl/α,β-unsaturated/α-hetero) is 1. The maximum absolute atomic E-state index is 13.0. The van der Waals surface area contributed by atoms with Crippen molar-refractivity contribution in [2.45, 2.75) is 64.9 Å². The molecule has 1 aliphatic carbocycles. The number of ketones is 1. The molecule has 25 heavy (non-hydrogen) atoms. The zero-order valence-corrected chi connectivity index (χ0v) is 15.4. The minimum atomic E-state index is -1.26. The molecule has 2 rings (SSSR count). The van der Waals surface area contributed by atoms with E-state index in [1.807, 2.05) is 30.3 Å². The van der Waals surface area contributed by atoms with Gasteiger partial charge in [-0.3, -0.25) is 9.59 Å². The van der Waals surface area contributed by atoms with Gasteiger partial charge >= 0.3 is 5.97 Å². The Morgan fingerprint density at radius 3 is 2.52 bits per heavy atom. The van der Waals surface area contributed by atoms with Crippen molar-refractivity contribution in [2.24, 2.45) is 11.3 Å². The van der Waals surface area contributed by atoms with Crippen LogP contribution in [0.2, 0.25) is 0 Å². The second-order valence-corrected chi connectivity index (χ2v) is 7.90. The largest absolute Gasteiger partial charge is 0.459 e. The van der Waals surface area contributed by atoms with Gasteiger partial charge in [0.1, 0.15) is 11.4 Å². The van der Waals surface area contributed by atoms with Gasteiger partial charge in [-0.2, -0.15) is 5.26 Å². The lowest BCUT2D eigenvalue weighted by molar-refractivity contribution is -0.168. The first kappa shape index (κ1) is 19.2. The number of ether oxygens (including phenoxy) is 1. The Labute approximate surface area is 150 Å². The van der Waals surface area contributed by atoms with Crippen molar-refractivity contribution in [3.8, 4) is 6.07 Å². The van der Waals surface area contributed by atoms with Crippen LogP contribution in [0.15, 0.2) is 30.3 Å². The van der Waals surface area contributed by atoms with Crippen LogP contribution >= 0.6 is 0 Å². The second kappa shape index (κ2) is 7.82. The molecule has 1 aromatic rings. The third-order valence-corrected chi connectivity index (χ3v) is 4.79. The Hall–Kier alpha value is -2.15. The highest BCUT2D eigenvalue weighted by Gasteiger charge is 2.49. The molecular formula is C21H27NO3. The van der Waals surface area contributed by atoms with E-state index < -0.39 is 17.0 Å². The topological polar surface area (TPSA) is 67.2 Å². The Bertz CT molecular complexity index is 654. The first-order valence-corrected chi connectivity index (χ1v) is 8.97. The summed E-state index contributed by atoms with van der Waals surface area (Å²) in [5, 5.41) is 10.00. The molecule has 2 atom stereocenters. The van der Waals surface area contributed by atoms with Gasteiger partial charge in [-0.25, -0.2) is 0 Å². The molecule has 4 nitrogen and oxygen atoms in total. The number of rotatable bonds is 5. The third-order valence-electron chi connectivity index (χ3n) is 4.79. The molecule has 0 amide bonds. The van der Waals surface area contributed by atoms with Gasteiger partial charge in [-0.05, 0) is 57.9 Å². The smallest absolute Gasteiger partial charge is 0.327 e. The molecule has 1 saturated carbocycles. The summed E-state index contributed by atoms with van der Waals surface area (Å²) in [4.78, 5) is 24.9. The number of esters is 1. The van der Waals surface area contributed by atoms with E-state index in [0.717, 1.165) is 12.0 Å². The maximum Gasteiger partial charge on any atom is 0.327 e. The SMILES string of the molecule is CC(C)(C)OC(=O)C(C#N)(CCc1ccccc1)C1CCCC(=O)C1. The lowest BCUT2D eigenvalue weighted by Gasteiger charge is -2.37. The molecule has 1 aromatic carbocycles. The number of aryl methyl sites for hydroxylation is 1. The first-order chi connectivity index (χ1) is 11.8. The van der Waals surface area contributed by atoms with Crippen molar-refractivity contribution < 1.29 is 14.3 Å². The highest BCUT2D eigenvalue weighted by Crippen LogP contribution is 2.42. The molecule has 0 aromatic heterocycles. The van der Waals surface area contributed by atoms with Gasteiger partial charge in [-0.1, -0.05) is 30.3 Å². The Kier molecular flexibility index (Phi) is 6.00. The highest BCUT2D eigenvalue weighted by atomic mass is 16.6. The zero-order chi connectivity index (χ0) is 18.5. The molecule has 0 aliphatic heterocycles. The van der Waals surface area contributed by atoms with E-state index in [1.165, 1.54) is 0 Å². The van der Waals surface area contributed by atoms with Crippen LogP contribution in [0.3, 0.4) is 0 Å². The second-order valence-electron chi connectivity index (χ2n) is 7.90. The summed E-state index contributed by atoms with van der Waals surface area (Å²) in [6, 6.07) is 12.1. The van der Waals surface area contributed by atoms with Gasteiger partial charge in [0.05, 0.1) is 6.07 Å². The number of carbonyl (C=O) groups is 2. The van der Waals surface area contributed by atoms with Gasteiger partial charge in [0.25, 0.3) is 0 Å². The fourth-order valence-corrected chi connectivity index (χ4v) is 3.47. The summed E-state index contributed by atoms with van der Waals surface area (Å²) >= 11 is 0. The monoisotopic (exact) mass is 341 g/mol. The Morgan fingerprint density at radius 1 is 1.28 bits per heavy atom. The van der Waals surface area contributed by atoms with Crippen LogP contribution in [0.25, 0.3) is 0 Å². The number of nitrogens with zero attached hydrogens (tertiary/aromatic N) is 1. The molecule has 0 heterocycles. The summed E-state index contributed by atoms with van der Waals surface area (Å²) in [5.74, 6) is -0.616. The fourth-order valence-electron chi connectivity index (χ4n) is 3.47. The minimum absolute atomic E-state index is 0.138. The Morgan fingerprint density at radius 2 is 1.96 bits per heavy atom. The van der Waals surface area contributed by atoms with Crippen molar-refractivity contribution in [1.29, 1.82) is 5.26 Å². The molecule has 4 heteroatoms. The first-order valence-electron chi connectivity index (χ1n) is 8.97. The van der Waals surface area contributed by atoms with E-state index >= 15 is 0 Å². The van der Waals surface area contributed by atoms with Gasteiger partial charge in [0, 0.05) is 12.8 Å². The predicted molar refractivity (Wildman–Crippen MR) is 95.6 cm³/mol. The van der Waals surface area contributed by atoms with Crippen molar-refractivity contribution in [1.82, 2.24) is 0 Å². The molecule has 0 spiro atoms. The fraction of sp³-hybridized carbons (Fsp3) is 0.571. The average molecular weight is 341 g/mol. The van der Waals surface area contributed by atoms with Crippen LogP contribution in [-0.4, -0.2) is 17.4 Å². The van der Waals surface area contributed by atoms with Crippen LogP contribution < -0.4 is 0 Å². The number of hydrogen-bond donors (Lipinski definition) is 0. The molecular weight excluding hydrogens is 314 g/mol. The van der Waals surface area contributed by atoms with Crippen LogP contribution in [0.5, 0.6) is 0 Å². The summed E-state index contributed by atoms with van der Waals surface area (Å²) in [6.45, 7) is 5.41. The molecule has 0 N–H and O–H groups in total. The molecule has 0 saturated heterocycles. The van der Waals surface area contributed by atoms with Crippen molar-refractivity contribution in [2.75, 3.05) is 0 Å². The summed E-state index contributed by atoms with van der Waals surface area (Å²) < 4.78 is 5.60. The molecule has 0 radical (unpaired) electrons. The minimum Gasteiger partial charge on any atom is -0.459 e. The van der Waals surface area contributed by atoms with Crippen LogP contribution in [-0.2, 0) is 20.7 Å². The summed E-state index contributed by atoms with van der Waals surface area (Å²) in [5.41, 5.74) is -0.850. The molecule has 0 bridgehead atoms. The predicted octanol–water partition coefficient (Wildman–Crippen LogP) is 4.23. The number of nitriles is 1. The van der Waals surface area contributed by atoms with E-state index in [-0.39, 0.29) is 11.7 Å². The number of hydrogen-bond acceptors (Lipinski definition) is 4. The molecule has 134 valence electrons. The van der Waals surface area contributed by atoms with E-state index in [9.17, 15) is 14.9 Å². The molecule has 2 unspecified atom stereocenters. The van der Waals surface area contributed by atoms with E-state index in [2.05, 4.69) is 6.07 Å². The van der Waals surface area contributed by atoms with Gasteiger partial charge < -0.3 is 4.74 Å². The van der Waals surface area contributed by atoms with Crippen molar-refractivity contribution >= 4 is 11.8 Å². The third kappa shape index (κ3) is 4.92.